The van der Waals surface area contributed by atoms with Gasteiger partial charge in [0.15, 0.2) is 0 Å². The van der Waals surface area contributed by atoms with Gasteiger partial charge in [-0.1, -0.05) is 42.5 Å². The van der Waals surface area contributed by atoms with Gasteiger partial charge in [-0.3, -0.25) is 4.79 Å². The molecule has 0 heterocycles. The molecule has 0 spiro atoms. The van der Waals surface area contributed by atoms with Crippen LogP contribution in [0.1, 0.15) is 22.3 Å². The summed E-state index contributed by atoms with van der Waals surface area (Å²) in [6, 6.07) is 7.88. The standard InChI is InChI=1S/C27H21F11N2O2/c1-39-21(24(42,26(33,34)35)27(36,37)38)22(41)40-23(14-15-5-3-2-4-6-15,16-7-9-19(28)10-8-16)17-11-18(25(30,31)32)13-20(29)12-17/h2-13,21,39,42H,14H2,1H3,(H,40,41)/t21?,23-/m1/s1. The molecule has 3 N–H and O–H groups in total. The number of aliphatic hydroxyl groups is 1. The SMILES string of the molecule is CNC(C(=O)N[C@](Cc1ccccc1)(c1ccc(F)cc1)c1cc(F)cc(C(F)(F)F)c1)C(O)(C(F)(F)F)C(F)(F)F. The van der Waals surface area contributed by atoms with Crippen LogP contribution in [0.15, 0.2) is 72.8 Å². The van der Waals surface area contributed by atoms with Gasteiger partial charge < -0.3 is 15.7 Å². The summed E-state index contributed by atoms with van der Waals surface area (Å²) in [6.45, 7) is 0. The Kier molecular flexibility index (Phi) is 8.99. The summed E-state index contributed by atoms with van der Waals surface area (Å²) in [6.07, 6.45) is -18.8. The molecule has 4 nitrogen and oxygen atoms in total. The lowest BCUT2D eigenvalue weighted by Gasteiger charge is -2.41. The van der Waals surface area contributed by atoms with Crippen LogP contribution in [0.25, 0.3) is 0 Å². The number of benzene rings is 3. The van der Waals surface area contributed by atoms with Crippen LogP contribution in [0.4, 0.5) is 48.3 Å². The highest BCUT2D eigenvalue weighted by Crippen LogP contribution is 2.46. The molecule has 1 amide bonds. The number of hydrogen-bond acceptors (Lipinski definition) is 3. The number of hydrogen-bond donors (Lipinski definition) is 3. The van der Waals surface area contributed by atoms with Crippen molar-refractivity contribution in [2.24, 2.45) is 0 Å². The third kappa shape index (κ3) is 6.36. The molecule has 3 aromatic carbocycles. The number of carbonyl (C=O) groups excluding carboxylic acids is 1. The zero-order chi connectivity index (χ0) is 31.7. The maximum absolute atomic E-state index is 14.6. The van der Waals surface area contributed by atoms with Crippen LogP contribution in [0.2, 0.25) is 0 Å². The number of nitrogens with one attached hydrogen (secondary N) is 2. The fourth-order valence-corrected chi connectivity index (χ4v) is 4.50. The van der Waals surface area contributed by atoms with Gasteiger partial charge in [0, 0.05) is 6.42 Å². The van der Waals surface area contributed by atoms with E-state index in [9.17, 15) is 58.2 Å². The van der Waals surface area contributed by atoms with E-state index in [1.807, 2.05) is 5.32 Å². The Morgan fingerprint density at radius 1 is 0.738 bits per heavy atom. The molecule has 0 fully saturated rings. The predicted molar refractivity (Wildman–Crippen MR) is 127 cm³/mol. The predicted octanol–water partition coefficient (Wildman–Crippen LogP) is 6.03. The van der Waals surface area contributed by atoms with Crippen molar-refractivity contribution in [3.05, 3.63) is 107 Å². The van der Waals surface area contributed by atoms with Crippen molar-refractivity contribution in [3.8, 4) is 0 Å². The lowest BCUT2D eigenvalue weighted by atomic mass is 9.76. The van der Waals surface area contributed by atoms with E-state index in [0.717, 1.165) is 24.3 Å². The Labute approximate surface area is 231 Å². The first-order valence-electron chi connectivity index (χ1n) is 11.8. The van der Waals surface area contributed by atoms with Crippen LogP contribution in [0.3, 0.4) is 0 Å². The van der Waals surface area contributed by atoms with E-state index in [0.29, 0.717) is 19.2 Å². The van der Waals surface area contributed by atoms with E-state index in [-0.39, 0.29) is 17.2 Å². The zero-order valence-electron chi connectivity index (χ0n) is 21.2. The van der Waals surface area contributed by atoms with Gasteiger partial charge in [-0.2, -0.15) is 39.5 Å². The van der Waals surface area contributed by atoms with Gasteiger partial charge in [-0.15, -0.1) is 0 Å². The molecule has 15 heteroatoms. The topological polar surface area (TPSA) is 61.4 Å². The van der Waals surface area contributed by atoms with Gasteiger partial charge in [-0.05, 0) is 54.1 Å². The summed E-state index contributed by atoms with van der Waals surface area (Å²) in [5.74, 6) is -4.58. The Morgan fingerprint density at radius 3 is 1.74 bits per heavy atom. The number of likely N-dealkylation sites (N-methyl/N-ethyl adjacent to an activating group) is 1. The number of amides is 1. The van der Waals surface area contributed by atoms with Crippen LogP contribution in [0.5, 0.6) is 0 Å². The van der Waals surface area contributed by atoms with Gasteiger partial charge in [-0.25, -0.2) is 8.78 Å². The van der Waals surface area contributed by atoms with Crippen LogP contribution in [0, 0.1) is 11.6 Å². The molecule has 3 aromatic rings. The van der Waals surface area contributed by atoms with Gasteiger partial charge in [0.1, 0.15) is 17.7 Å². The second-order valence-corrected chi connectivity index (χ2v) is 9.27. The molecule has 0 saturated carbocycles. The molecule has 0 aliphatic rings. The maximum Gasteiger partial charge on any atom is 0.428 e. The van der Waals surface area contributed by atoms with E-state index < -0.39 is 70.8 Å². The molecule has 0 bridgehead atoms. The van der Waals surface area contributed by atoms with Crippen LogP contribution >= 0.6 is 0 Å². The Bertz CT molecular complexity index is 1370. The minimum Gasteiger partial charge on any atom is -0.372 e. The minimum absolute atomic E-state index is 0.0890. The van der Waals surface area contributed by atoms with Gasteiger partial charge in [0.05, 0.1) is 11.1 Å². The van der Waals surface area contributed by atoms with Crippen LogP contribution in [-0.4, -0.2) is 42.1 Å². The Morgan fingerprint density at radius 2 is 1.26 bits per heavy atom. The number of rotatable bonds is 8. The molecule has 1 unspecified atom stereocenters. The first kappa shape index (κ1) is 32.8. The molecular weight excluding hydrogens is 593 g/mol. The van der Waals surface area contributed by atoms with Gasteiger partial charge >= 0.3 is 18.5 Å². The van der Waals surface area contributed by atoms with Crippen molar-refractivity contribution in [1.82, 2.24) is 10.6 Å². The van der Waals surface area contributed by atoms with Gasteiger partial charge in [0.2, 0.25) is 5.91 Å². The summed E-state index contributed by atoms with van der Waals surface area (Å²) >= 11 is 0. The lowest BCUT2D eigenvalue weighted by molar-refractivity contribution is -0.373. The minimum atomic E-state index is -6.48. The summed E-state index contributed by atoms with van der Waals surface area (Å²) < 4.78 is 152. The number of halogens is 11. The molecule has 0 aromatic heterocycles. The van der Waals surface area contributed by atoms with Crippen molar-refractivity contribution in [2.45, 2.75) is 42.1 Å². The molecule has 0 aliphatic heterocycles. The quantitative estimate of drug-likeness (QED) is 0.272. The zero-order valence-corrected chi connectivity index (χ0v) is 21.2. The van der Waals surface area contributed by atoms with Crippen molar-refractivity contribution < 1.29 is 58.2 Å². The van der Waals surface area contributed by atoms with E-state index in [1.165, 1.54) is 35.6 Å². The Balaban J connectivity index is 2.38. The van der Waals surface area contributed by atoms with E-state index >= 15 is 0 Å². The molecule has 0 saturated heterocycles. The first-order valence-corrected chi connectivity index (χ1v) is 11.8. The molecule has 3 rings (SSSR count). The number of alkyl halides is 9. The van der Waals surface area contributed by atoms with Crippen LogP contribution < -0.4 is 10.6 Å². The first-order chi connectivity index (χ1) is 19.3. The van der Waals surface area contributed by atoms with Gasteiger partial charge in [0.25, 0.3) is 5.60 Å². The third-order valence-electron chi connectivity index (χ3n) is 6.54. The fraction of sp³-hybridized carbons (Fsp3) is 0.296. The smallest absolute Gasteiger partial charge is 0.372 e. The lowest BCUT2D eigenvalue weighted by Crippen LogP contribution is -2.72. The average molecular weight is 614 g/mol. The number of carbonyl (C=O) groups is 1. The van der Waals surface area contributed by atoms with Crippen molar-refractivity contribution in [3.63, 3.8) is 0 Å². The molecule has 2 atom stereocenters. The largest absolute Gasteiger partial charge is 0.428 e. The summed E-state index contributed by atoms with van der Waals surface area (Å²) in [4.78, 5) is 13.4. The van der Waals surface area contributed by atoms with Crippen LogP contribution in [-0.2, 0) is 22.9 Å². The molecular formula is C27H21F11N2O2. The third-order valence-corrected chi connectivity index (χ3v) is 6.54. The monoisotopic (exact) mass is 614 g/mol. The molecule has 0 aliphatic carbocycles. The van der Waals surface area contributed by atoms with E-state index in [2.05, 4.69) is 0 Å². The average Bonchev–Trinajstić information content (AvgIpc) is 2.87. The molecule has 228 valence electrons. The molecule has 42 heavy (non-hydrogen) atoms. The van der Waals surface area contributed by atoms with Crippen molar-refractivity contribution >= 4 is 5.91 Å². The normalized spacial score (nSPS) is 15.2. The van der Waals surface area contributed by atoms with Crippen molar-refractivity contribution in [1.29, 1.82) is 0 Å². The fourth-order valence-electron chi connectivity index (χ4n) is 4.50. The van der Waals surface area contributed by atoms with E-state index in [4.69, 9.17) is 0 Å². The highest BCUT2D eigenvalue weighted by atomic mass is 19.4. The highest BCUT2D eigenvalue weighted by Gasteiger charge is 2.75. The highest BCUT2D eigenvalue weighted by molar-refractivity contribution is 5.85. The Hall–Kier alpha value is -3.72. The second-order valence-electron chi connectivity index (χ2n) is 9.27. The maximum atomic E-state index is 14.6. The summed E-state index contributed by atoms with van der Waals surface area (Å²) in [5.41, 5.74) is -10.7. The molecule has 0 radical (unpaired) electrons. The summed E-state index contributed by atoms with van der Waals surface area (Å²) in [7, 11) is 0.507. The second kappa shape index (κ2) is 11.5. The van der Waals surface area contributed by atoms with Crippen molar-refractivity contribution in [2.75, 3.05) is 7.05 Å². The summed E-state index contributed by atoms with van der Waals surface area (Å²) in [5, 5.41) is 13.3. The van der Waals surface area contributed by atoms with E-state index in [1.54, 1.807) is 0 Å².